The quantitative estimate of drug-likeness (QED) is 0.448. The van der Waals surface area contributed by atoms with E-state index in [0.29, 0.717) is 6.42 Å². The van der Waals surface area contributed by atoms with Crippen LogP contribution >= 0.6 is 0 Å². The molecule has 0 unspecified atom stereocenters. The minimum absolute atomic E-state index is 0.00231. The number of hydrogen-bond acceptors (Lipinski definition) is 6. The summed E-state index contributed by atoms with van der Waals surface area (Å²) >= 11 is 0. The van der Waals surface area contributed by atoms with E-state index in [4.69, 9.17) is 10.5 Å². The summed E-state index contributed by atoms with van der Waals surface area (Å²) in [6.45, 7) is 6.99. The lowest BCUT2D eigenvalue weighted by atomic mass is 9.82. The third kappa shape index (κ3) is 4.46. The maximum Gasteiger partial charge on any atom is 0.369 e. The van der Waals surface area contributed by atoms with E-state index < -0.39 is 17.4 Å². The van der Waals surface area contributed by atoms with Gasteiger partial charge in [-0.25, -0.2) is 9.59 Å². The second-order valence-electron chi connectivity index (χ2n) is 4.96. The molecule has 0 aliphatic carbocycles. The number of carbonyl (C=O) groups is 2. The van der Waals surface area contributed by atoms with Gasteiger partial charge in [-0.1, -0.05) is 34.1 Å². The van der Waals surface area contributed by atoms with Gasteiger partial charge >= 0.3 is 11.9 Å². The summed E-state index contributed by atoms with van der Waals surface area (Å²) in [7, 11) is 0. The van der Waals surface area contributed by atoms with Gasteiger partial charge in [0.25, 0.3) is 0 Å². The topological polar surface area (TPSA) is 93.1 Å². The first-order valence-corrected chi connectivity index (χ1v) is 5.74. The number of hydrogen-bond donors (Lipinski definition) is 2. The van der Waals surface area contributed by atoms with Crippen LogP contribution in [0.5, 0.6) is 0 Å². The Kier molecular flexibility index (Phi) is 6.57. The van der Waals surface area contributed by atoms with Crippen LogP contribution in [0.4, 0.5) is 0 Å². The molecule has 0 aromatic carbocycles. The smallest absolute Gasteiger partial charge is 0.296 e. The lowest BCUT2D eigenvalue weighted by molar-refractivity contribution is -0.233. The van der Waals surface area contributed by atoms with E-state index >= 15 is 0 Å². The predicted molar refractivity (Wildman–Crippen MR) is 63.4 cm³/mol. The molecule has 0 rings (SSSR count). The van der Waals surface area contributed by atoms with E-state index in [9.17, 15) is 9.59 Å². The van der Waals surface area contributed by atoms with E-state index in [1.807, 2.05) is 6.92 Å². The standard InChI is InChI=1S/C12H20O6/c1-5-6-7-8(10(13)17-15)9(11(14)18-16)12(2,3)4/h15-16H,5-7H2,1-4H3/b9-8-. The highest BCUT2D eigenvalue weighted by atomic mass is 17.1. The highest BCUT2D eigenvalue weighted by molar-refractivity contribution is 6.00. The van der Waals surface area contributed by atoms with Gasteiger partial charge in [0.2, 0.25) is 0 Å². The van der Waals surface area contributed by atoms with Crippen LogP contribution in [0.3, 0.4) is 0 Å². The predicted octanol–water partition coefficient (Wildman–Crippen LogP) is 2.55. The van der Waals surface area contributed by atoms with Crippen LogP contribution in [0.25, 0.3) is 0 Å². The van der Waals surface area contributed by atoms with Crippen LogP contribution in [-0.4, -0.2) is 22.5 Å². The number of carbonyl (C=O) groups excluding carboxylic acids is 2. The molecule has 0 spiro atoms. The largest absolute Gasteiger partial charge is 0.369 e. The molecule has 2 N–H and O–H groups in total. The minimum atomic E-state index is -1.01. The first kappa shape index (κ1) is 16.6. The van der Waals surface area contributed by atoms with Crippen LogP contribution in [0.15, 0.2) is 11.1 Å². The number of rotatable bonds is 5. The van der Waals surface area contributed by atoms with Crippen molar-refractivity contribution in [3.05, 3.63) is 11.1 Å². The molecule has 0 aromatic rings. The lowest BCUT2D eigenvalue weighted by Crippen LogP contribution is -2.25. The maximum absolute atomic E-state index is 11.6. The average Bonchev–Trinajstić information content (AvgIpc) is 2.30. The van der Waals surface area contributed by atoms with Crippen molar-refractivity contribution in [2.45, 2.75) is 47.0 Å². The SMILES string of the molecule is CCCC/C(C(=O)OO)=C(\C(=O)OO)C(C)(C)C. The second-order valence-corrected chi connectivity index (χ2v) is 4.96. The molecule has 0 fully saturated rings. The summed E-state index contributed by atoms with van der Waals surface area (Å²) in [5.41, 5.74) is -0.708. The molecule has 0 aromatic heterocycles. The van der Waals surface area contributed by atoms with Gasteiger partial charge < -0.3 is 0 Å². The molecule has 0 bridgehead atoms. The zero-order valence-corrected chi connectivity index (χ0v) is 11.1. The van der Waals surface area contributed by atoms with Crippen LogP contribution in [0.2, 0.25) is 0 Å². The van der Waals surface area contributed by atoms with Crippen LogP contribution in [0, 0.1) is 5.41 Å². The van der Waals surface area contributed by atoms with E-state index in [-0.39, 0.29) is 17.6 Å². The van der Waals surface area contributed by atoms with Crippen molar-refractivity contribution in [1.29, 1.82) is 0 Å². The molecule has 0 radical (unpaired) electrons. The zero-order valence-electron chi connectivity index (χ0n) is 11.1. The molecule has 0 saturated heterocycles. The average molecular weight is 260 g/mol. The summed E-state index contributed by atoms with van der Waals surface area (Å²) in [5, 5.41) is 17.0. The van der Waals surface area contributed by atoms with Crippen molar-refractivity contribution >= 4 is 11.9 Å². The molecule has 0 aliphatic heterocycles. The Hall–Kier alpha value is -1.40. The van der Waals surface area contributed by atoms with E-state index in [1.54, 1.807) is 20.8 Å². The molecule has 104 valence electrons. The fourth-order valence-electron chi connectivity index (χ4n) is 1.67. The van der Waals surface area contributed by atoms with Crippen molar-refractivity contribution < 1.29 is 29.9 Å². The number of unbranched alkanes of at least 4 members (excludes halogenated alkanes) is 1. The molecule has 0 aliphatic rings. The Balaban J connectivity index is 5.68. The van der Waals surface area contributed by atoms with Crippen LogP contribution in [-0.2, 0) is 19.4 Å². The summed E-state index contributed by atoms with van der Waals surface area (Å²) in [6, 6.07) is 0. The van der Waals surface area contributed by atoms with Crippen LogP contribution < -0.4 is 0 Å². The van der Waals surface area contributed by atoms with Gasteiger partial charge in [0, 0.05) is 0 Å². The van der Waals surface area contributed by atoms with E-state index in [1.165, 1.54) is 0 Å². The van der Waals surface area contributed by atoms with Gasteiger partial charge in [-0.05, 0) is 18.3 Å². The van der Waals surface area contributed by atoms with Gasteiger partial charge in [-0.3, -0.25) is 9.78 Å². The fourth-order valence-corrected chi connectivity index (χ4v) is 1.67. The molecular weight excluding hydrogens is 240 g/mol. The van der Waals surface area contributed by atoms with Crippen molar-refractivity contribution in [1.82, 2.24) is 0 Å². The summed E-state index contributed by atoms with van der Waals surface area (Å²) in [4.78, 5) is 30.5. The Morgan fingerprint density at radius 2 is 1.56 bits per heavy atom. The molecular formula is C12H20O6. The van der Waals surface area contributed by atoms with Gasteiger partial charge in [0.05, 0.1) is 11.1 Å². The monoisotopic (exact) mass is 260 g/mol. The normalized spacial score (nSPS) is 12.8. The Morgan fingerprint density at radius 1 is 1.06 bits per heavy atom. The van der Waals surface area contributed by atoms with E-state index in [0.717, 1.165) is 6.42 Å². The maximum atomic E-state index is 11.6. The summed E-state index contributed by atoms with van der Waals surface area (Å²) in [5.74, 6) is -2.02. The van der Waals surface area contributed by atoms with Crippen molar-refractivity contribution in [2.24, 2.45) is 5.41 Å². The third-order valence-electron chi connectivity index (χ3n) is 2.45. The molecule has 6 nitrogen and oxygen atoms in total. The molecule has 0 saturated carbocycles. The Morgan fingerprint density at radius 3 is 1.89 bits per heavy atom. The Labute approximate surface area is 106 Å². The zero-order chi connectivity index (χ0) is 14.3. The van der Waals surface area contributed by atoms with Gasteiger partial charge in [-0.15, -0.1) is 0 Å². The summed E-state index contributed by atoms with van der Waals surface area (Å²) < 4.78 is 0. The highest BCUT2D eigenvalue weighted by Crippen LogP contribution is 2.31. The van der Waals surface area contributed by atoms with Crippen molar-refractivity contribution in [2.75, 3.05) is 0 Å². The van der Waals surface area contributed by atoms with Gasteiger partial charge in [-0.2, -0.15) is 10.5 Å². The molecule has 0 atom stereocenters. The fraction of sp³-hybridized carbons (Fsp3) is 0.667. The highest BCUT2D eigenvalue weighted by Gasteiger charge is 2.32. The third-order valence-corrected chi connectivity index (χ3v) is 2.45. The Bertz CT molecular complexity index is 337. The van der Waals surface area contributed by atoms with Crippen LogP contribution in [0.1, 0.15) is 47.0 Å². The first-order chi connectivity index (χ1) is 8.29. The van der Waals surface area contributed by atoms with Gasteiger partial charge in [0.1, 0.15) is 0 Å². The minimum Gasteiger partial charge on any atom is -0.296 e. The van der Waals surface area contributed by atoms with Gasteiger partial charge in [0.15, 0.2) is 0 Å². The molecule has 6 heteroatoms. The van der Waals surface area contributed by atoms with E-state index in [2.05, 4.69) is 9.78 Å². The van der Waals surface area contributed by atoms with Crippen molar-refractivity contribution in [3.8, 4) is 0 Å². The first-order valence-electron chi connectivity index (χ1n) is 5.74. The second kappa shape index (κ2) is 7.13. The lowest BCUT2D eigenvalue weighted by Gasteiger charge is -2.22. The van der Waals surface area contributed by atoms with Crippen molar-refractivity contribution in [3.63, 3.8) is 0 Å². The summed E-state index contributed by atoms with van der Waals surface area (Å²) in [6.07, 6.45) is 1.70. The molecule has 0 amide bonds. The molecule has 0 heterocycles. The molecule has 18 heavy (non-hydrogen) atoms.